The van der Waals surface area contributed by atoms with Gasteiger partial charge in [-0.15, -0.1) is 0 Å². The zero-order valence-corrected chi connectivity index (χ0v) is 19.2. The average Bonchev–Trinajstić information content (AvgIpc) is 3.32. The summed E-state index contributed by atoms with van der Waals surface area (Å²) in [5.41, 5.74) is 2.03. The molecule has 0 spiro atoms. The molecule has 0 aliphatic carbocycles. The van der Waals surface area contributed by atoms with Crippen LogP contribution in [0, 0.1) is 0 Å². The van der Waals surface area contributed by atoms with Crippen LogP contribution in [0.3, 0.4) is 0 Å². The predicted molar refractivity (Wildman–Crippen MR) is 125 cm³/mol. The first-order valence-electron chi connectivity index (χ1n) is 10.7. The van der Waals surface area contributed by atoms with Gasteiger partial charge in [-0.05, 0) is 5.56 Å². The number of halogens is 4. The fourth-order valence-electron chi connectivity index (χ4n) is 4.02. The number of imidazole rings is 1. The Kier molecular flexibility index (Phi) is 5.72. The molecule has 1 N–H and O–H groups in total. The number of rotatable bonds is 5. The molecule has 0 bridgehead atoms. The number of hydrogen-bond acceptors (Lipinski definition) is 4. The van der Waals surface area contributed by atoms with Crippen LogP contribution in [-0.2, 0) is 26.1 Å². The summed E-state index contributed by atoms with van der Waals surface area (Å²) < 4.78 is 43.1. The standard InChI is InChI=1S/C25H19ClF3N5O/c1-33-22(26)17(21(32-33)25(27,28)29)13-19-24(35)34-14-20(16-10-6-3-7-11-16)30-18(23(34)31-19)12-15-8-4-2-5-9-15/h2-11,14,35H,12-13H2,1H3. The second-order valence-corrected chi connectivity index (χ2v) is 8.45. The lowest BCUT2D eigenvalue weighted by Gasteiger charge is -2.08. The van der Waals surface area contributed by atoms with Crippen LogP contribution in [0.1, 0.15) is 28.2 Å². The maximum atomic E-state index is 13.6. The van der Waals surface area contributed by atoms with Crippen LogP contribution in [0.15, 0.2) is 66.9 Å². The Labute approximate surface area is 203 Å². The van der Waals surface area contributed by atoms with Gasteiger partial charge in [0, 0.05) is 37.2 Å². The van der Waals surface area contributed by atoms with Crippen molar-refractivity contribution in [3.63, 3.8) is 0 Å². The van der Waals surface area contributed by atoms with E-state index < -0.39 is 11.9 Å². The van der Waals surface area contributed by atoms with Gasteiger partial charge in [-0.1, -0.05) is 72.3 Å². The first kappa shape index (κ1) is 22.9. The highest BCUT2D eigenvalue weighted by Gasteiger charge is 2.39. The van der Waals surface area contributed by atoms with Gasteiger partial charge in [0.15, 0.2) is 11.3 Å². The van der Waals surface area contributed by atoms with Crippen LogP contribution in [0.25, 0.3) is 16.9 Å². The summed E-state index contributed by atoms with van der Waals surface area (Å²) >= 11 is 6.14. The smallest absolute Gasteiger partial charge is 0.435 e. The second kappa shape index (κ2) is 8.74. The molecule has 0 aliphatic rings. The van der Waals surface area contributed by atoms with E-state index >= 15 is 0 Å². The highest BCUT2D eigenvalue weighted by Crippen LogP contribution is 2.37. The number of benzene rings is 2. The lowest BCUT2D eigenvalue weighted by Crippen LogP contribution is -2.10. The maximum Gasteiger partial charge on any atom is 0.435 e. The number of aryl methyl sites for hydroxylation is 1. The summed E-state index contributed by atoms with van der Waals surface area (Å²) in [4.78, 5) is 9.29. The van der Waals surface area contributed by atoms with Crippen molar-refractivity contribution < 1.29 is 18.3 Å². The van der Waals surface area contributed by atoms with Crippen molar-refractivity contribution in [3.05, 3.63) is 100 Å². The third-order valence-electron chi connectivity index (χ3n) is 5.69. The minimum absolute atomic E-state index is 0.0479. The highest BCUT2D eigenvalue weighted by molar-refractivity contribution is 6.30. The zero-order chi connectivity index (χ0) is 24.7. The molecule has 0 aliphatic heterocycles. The van der Waals surface area contributed by atoms with E-state index in [0.717, 1.165) is 15.8 Å². The highest BCUT2D eigenvalue weighted by atomic mass is 35.5. The van der Waals surface area contributed by atoms with Crippen LogP contribution >= 0.6 is 11.6 Å². The van der Waals surface area contributed by atoms with Crippen molar-refractivity contribution in [1.29, 1.82) is 0 Å². The van der Waals surface area contributed by atoms with E-state index in [-0.39, 0.29) is 28.7 Å². The molecule has 0 atom stereocenters. The SMILES string of the molecule is Cn1nc(C(F)(F)F)c(Cc2nc3c(Cc4ccccc4)nc(-c4ccccc4)cn3c2O)c1Cl. The molecule has 0 radical (unpaired) electrons. The number of aromatic hydroxyl groups is 1. The number of aromatic nitrogens is 5. The van der Waals surface area contributed by atoms with Crippen molar-refractivity contribution in [3.8, 4) is 17.1 Å². The molecule has 35 heavy (non-hydrogen) atoms. The molecule has 0 saturated carbocycles. The van der Waals surface area contributed by atoms with Gasteiger partial charge in [-0.25, -0.2) is 9.97 Å². The summed E-state index contributed by atoms with van der Waals surface area (Å²) in [5.74, 6) is -0.276. The molecule has 10 heteroatoms. The monoisotopic (exact) mass is 497 g/mol. The van der Waals surface area contributed by atoms with Crippen LogP contribution < -0.4 is 0 Å². The topological polar surface area (TPSA) is 68.2 Å². The molecule has 0 saturated heterocycles. The van der Waals surface area contributed by atoms with Crippen molar-refractivity contribution >= 4 is 17.2 Å². The van der Waals surface area contributed by atoms with Gasteiger partial charge >= 0.3 is 6.18 Å². The Morgan fingerprint density at radius 3 is 2.23 bits per heavy atom. The van der Waals surface area contributed by atoms with E-state index in [9.17, 15) is 18.3 Å². The maximum absolute atomic E-state index is 13.6. The molecule has 5 rings (SSSR count). The van der Waals surface area contributed by atoms with E-state index in [0.29, 0.717) is 23.5 Å². The van der Waals surface area contributed by atoms with E-state index in [2.05, 4.69) is 10.1 Å². The number of nitrogens with zero attached hydrogens (tertiary/aromatic N) is 5. The molecule has 3 aromatic heterocycles. The summed E-state index contributed by atoms with van der Waals surface area (Å²) in [7, 11) is 1.33. The molecule has 0 unspecified atom stereocenters. The van der Waals surface area contributed by atoms with E-state index in [1.807, 2.05) is 60.7 Å². The molecular weight excluding hydrogens is 479 g/mol. The van der Waals surface area contributed by atoms with E-state index in [4.69, 9.17) is 16.6 Å². The molecule has 178 valence electrons. The van der Waals surface area contributed by atoms with E-state index in [1.54, 1.807) is 6.20 Å². The van der Waals surface area contributed by atoms with Crippen LogP contribution in [0.4, 0.5) is 13.2 Å². The second-order valence-electron chi connectivity index (χ2n) is 8.09. The molecular formula is C25H19ClF3N5O. The molecule has 6 nitrogen and oxygen atoms in total. The predicted octanol–water partition coefficient (Wildman–Crippen LogP) is 5.69. The minimum Gasteiger partial charge on any atom is -0.493 e. The van der Waals surface area contributed by atoms with Gasteiger partial charge in [-0.3, -0.25) is 9.08 Å². The third-order valence-corrected chi connectivity index (χ3v) is 6.16. The van der Waals surface area contributed by atoms with Crippen LogP contribution in [0.5, 0.6) is 5.88 Å². The van der Waals surface area contributed by atoms with Crippen LogP contribution in [-0.4, -0.2) is 29.3 Å². The zero-order valence-electron chi connectivity index (χ0n) is 18.5. The van der Waals surface area contributed by atoms with Gasteiger partial charge in [-0.2, -0.15) is 18.3 Å². The Balaban J connectivity index is 1.67. The third kappa shape index (κ3) is 4.35. The number of hydrogen-bond donors (Lipinski definition) is 1. The van der Waals surface area contributed by atoms with Crippen molar-refractivity contribution in [2.24, 2.45) is 7.05 Å². The quantitative estimate of drug-likeness (QED) is 0.339. The Morgan fingerprint density at radius 1 is 0.914 bits per heavy atom. The van der Waals surface area contributed by atoms with Gasteiger partial charge in [0.05, 0.1) is 11.4 Å². The van der Waals surface area contributed by atoms with Gasteiger partial charge in [0.25, 0.3) is 0 Å². The van der Waals surface area contributed by atoms with Crippen molar-refractivity contribution in [1.82, 2.24) is 24.1 Å². The van der Waals surface area contributed by atoms with Crippen molar-refractivity contribution in [2.75, 3.05) is 0 Å². The fraction of sp³-hybridized carbons (Fsp3) is 0.160. The summed E-state index contributed by atoms with van der Waals surface area (Å²) in [5, 5.41) is 14.4. The summed E-state index contributed by atoms with van der Waals surface area (Å²) in [6.45, 7) is 0. The lowest BCUT2D eigenvalue weighted by molar-refractivity contribution is -0.142. The Morgan fingerprint density at radius 2 is 1.57 bits per heavy atom. The van der Waals surface area contributed by atoms with Gasteiger partial charge in [0.2, 0.25) is 5.88 Å². The van der Waals surface area contributed by atoms with Crippen molar-refractivity contribution in [2.45, 2.75) is 19.0 Å². The average molecular weight is 498 g/mol. The largest absolute Gasteiger partial charge is 0.493 e. The molecule has 0 amide bonds. The molecule has 5 aromatic rings. The number of alkyl halides is 3. The normalized spacial score (nSPS) is 11.9. The summed E-state index contributed by atoms with van der Waals surface area (Å²) in [6, 6.07) is 19.0. The Hall–Kier alpha value is -3.85. The van der Waals surface area contributed by atoms with E-state index in [1.165, 1.54) is 11.4 Å². The lowest BCUT2D eigenvalue weighted by atomic mass is 10.1. The molecule has 3 heterocycles. The molecule has 0 fully saturated rings. The summed E-state index contributed by atoms with van der Waals surface area (Å²) in [6.07, 6.45) is -3.00. The van der Waals surface area contributed by atoms with Crippen LogP contribution in [0.2, 0.25) is 5.15 Å². The molecule has 2 aromatic carbocycles. The first-order chi connectivity index (χ1) is 16.7. The Bertz CT molecular complexity index is 1510. The number of fused-ring (bicyclic) bond motifs is 1. The first-order valence-corrected chi connectivity index (χ1v) is 11.1. The fourth-order valence-corrected chi connectivity index (χ4v) is 4.21. The van der Waals surface area contributed by atoms with Gasteiger partial charge in [0.1, 0.15) is 10.8 Å². The minimum atomic E-state index is -4.70. The van der Waals surface area contributed by atoms with Gasteiger partial charge < -0.3 is 5.11 Å².